The van der Waals surface area contributed by atoms with Gasteiger partial charge < -0.3 is 10.6 Å². The first-order valence-corrected chi connectivity index (χ1v) is 7.60. The van der Waals surface area contributed by atoms with Crippen LogP contribution in [0.1, 0.15) is 20.3 Å². The van der Waals surface area contributed by atoms with Gasteiger partial charge in [0.05, 0.1) is 22.3 Å². The van der Waals surface area contributed by atoms with Gasteiger partial charge >= 0.3 is 0 Å². The summed E-state index contributed by atoms with van der Waals surface area (Å²) in [5.74, 6) is 0.499. The molecule has 0 saturated carbocycles. The molecule has 6 heteroatoms. The Morgan fingerprint density at radius 3 is 2.42 bits per heavy atom. The fourth-order valence-electron chi connectivity index (χ4n) is 1.44. The molecule has 0 aliphatic heterocycles. The van der Waals surface area contributed by atoms with Crippen molar-refractivity contribution < 1.29 is 4.79 Å². The molecule has 0 bridgehead atoms. The number of carbonyl (C=O) groups excluding carboxylic acids is 1. The Morgan fingerprint density at radius 1 is 1.32 bits per heavy atom. The largest absolute Gasteiger partial charge is 0.374 e. The summed E-state index contributed by atoms with van der Waals surface area (Å²) < 4.78 is 0.800. The second-order valence-corrected chi connectivity index (χ2v) is 6.36. The van der Waals surface area contributed by atoms with Crippen LogP contribution in [-0.2, 0) is 4.79 Å². The number of hydrogen-bond donors (Lipinski definition) is 2. The molecule has 0 heterocycles. The van der Waals surface area contributed by atoms with E-state index in [-0.39, 0.29) is 12.5 Å². The van der Waals surface area contributed by atoms with Gasteiger partial charge in [0.1, 0.15) is 0 Å². The van der Waals surface area contributed by atoms with Crippen molar-refractivity contribution >= 4 is 50.7 Å². The molecule has 0 atom stereocenters. The van der Waals surface area contributed by atoms with E-state index in [2.05, 4.69) is 40.4 Å². The summed E-state index contributed by atoms with van der Waals surface area (Å²) in [4.78, 5) is 11.6. The molecule has 3 nitrogen and oxygen atoms in total. The highest BCUT2D eigenvalue weighted by molar-refractivity contribution is 9.10. The van der Waals surface area contributed by atoms with Crippen LogP contribution < -0.4 is 10.6 Å². The van der Waals surface area contributed by atoms with E-state index in [0.29, 0.717) is 28.2 Å². The Bertz CT molecular complexity index is 429. The average Bonchev–Trinajstić information content (AvgIpc) is 2.26. The van der Waals surface area contributed by atoms with Crippen molar-refractivity contribution in [3.63, 3.8) is 0 Å². The van der Waals surface area contributed by atoms with Gasteiger partial charge in [-0.25, -0.2) is 0 Å². The lowest BCUT2D eigenvalue weighted by Gasteiger charge is -2.11. The molecule has 1 amide bonds. The maximum absolute atomic E-state index is 11.6. The topological polar surface area (TPSA) is 41.1 Å². The standard InChI is InChI=1S/C13H17BrCl2N2O/c1-8(2)3-4-17-12(19)7-18-13-10(15)5-9(14)6-11(13)16/h5-6,8,18H,3-4,7H2,1-2H3,(H,17,19). The smallest absolute Gasteiger partial charge is 0.239 e. The second kappa shape index (κ2) is 7.98. The van der Waals surface area contributed by atoms with Gasteiger partial charge in [-0.1, -0.05) is 53.0 Å². The average molecular weight is 368 g/mol. The Hall–Kier alpha value is -0.450. The summed E-state index contributed by atoms with van der Waals surface area (Å²) in [6.07, 6.45) is 0.964. The molecule has 0 aliphatic carbocycles. The molecule has 0 unspecified atom stereocenters. The summed E-state index contributed by atoms with van der Waals surface area (Å²) in [7, 11) is 0. The van der Waals surface area contributed by atoms with Crippen molar-refractivity contribution in [1.29, 1.82) is 0 Å². The zero-order valence-electron chi connectivity index (χ0n) is 10.9. The molecule has 2 N–H and O–H groups in total. The van der Waals surface area contributed by atoms with Crippen LogP contribution >= 0.6 is 39.1 Å². The molecule has 0 spiro atoms. The summed E-state index contributed by atoms with van der Waals surface area (Å²) >= 11 is 15.4. The molecule has 1 aromatic carbocycles. The highest BCUT2D eigenvalue weighted by Gasteiger charge is 2.09. The molecule has 0 aliphatic rings. The van der Waals surface area contributed by atoms with Crippen LogP contribution in [0.25, 0.3) is 0 Å². The van der Waals surface area contributed by atoms with Gasteiger partial charge in [0.15, 0.2) is 0 Å². The first kappa shape index (κ1) is 16.6. The number of nitrogens with one attached hydrogen (secondary N) is 2. The Kier molecular flexibility index (Phi) is 6.97. The number of carbonyl (C=O) groups is 1. The SMILES string of the molecule is CC(C)CCNC(=O)CNc1c(Cl)cc(Br)cc1Cl. The third-order valence-corrected chi connectivity index (χ3v) is 3.53. The number of rotatable bonds is 6. The van der Waals surface area contributed by atoms with Gasteiger partial charge in [0.2, 0.25) is 5.91 Å². The molecule has 1 aromatic rings. The monoisotopic (exact) mass is 366 g/mol. The maximum atomic E-state index is 11.6. The number of halogens is 3. The van der Waals surface area contributed by atoms with Crippen LogP contribution in [0.5, 0.6) is 0 Å². The minimum absolute atomic E-state index is 0.0734. The van der Waals surface area contributed by atoms with E-state index in [4.69, 9.17) is 23.2 Å². The van der Waals surface area contributed by atoms with E-state index in [1.807, 2.05) is 0 Å². The highest BCUT2D eigenvalue weighted by Crippen LogP contribution is 2.33. The van der Waals surface area contributed by atoms with Crippen molar-refractivity contribution in [1.82, 2.24) is 5.32 Å². The molecule has 0 aromatic heterocycles. The summed E-state index contributed by atoms with van der Waals surface area (Å²) in [5, 5.41) is 6.75. The molecule has 0 fully saturated rings. The molecule has 0 saturated heterocycles. The van der Waals surface area contributed by atoms with E-state index in [9.17, 15) is 4.79 Å². The van der Waals surface area contributed by atoms with Gasteiger partial charge in [-0.15, -0.1) is 0 Å². The van der Waals surface area contributed by atoms with E-state index in [0.717, 1.165) is 10.9 Å². The van der Waals surface area contributed by atoms with Crippen molar-refractivity contribution in [2.45, 2.75) is 20.3 Å². The molecule has 19 heavy (non-hydrogen) atoms. The molecular weight excluding hydrogens is 351 g/mol. The zero-order chi connectivity index (χ0) is 14.4. The quantitative estimate of drug-likeness (QED) is 0.785. The molecule has 0 radical (unpaired) electrons. The number of benzene rings is 1. The minimum atomic E-state index is -0.0734. The predicted molar refractivity (Wildman–Crippen MR) is 85.1 cm³/mol. The summed E-state index contributed by atoms with van der Waals surface area (Å²) in [6.45, 7) is 5.07. The minimum Gasteiger partial charge on any atom is -0.374 e. The number of anilines is 1. The van der Waals surface area contributed by atoms with Crippen LogP contribution in [0, 0.1) is 5.92 Å². The highest BCUT2D eigenvalue weighted by atomic mass is 79.9. The Morgan fingerprint density at radius 2 is 1.89 bits per heavy atom. The maximum Gasteiger partial charge on any atom is 0.239 e. The van der Waals surface area contributed by atoms with Crippen LogP contribution in [-0.4, -0.2) is 19.0 Å². The lowest BCUT2D eigenvalue weighted by atomic mass is 10.1. The molecule has 106 valence electrons. The number of hydrogen-bond acceptors (Lipinski definition) is 2. The van der Waals surface area contributed by atoms with Crippen LogP contribution in [0.4, 0.5) is 5.69 Å². The second-order valence-electron chi connectivity index (χ2n) is 4.63. The van der Waals surface area contributed by atoms with E-state index in [1.165, 1.54) is 0 Å². The first-order chi connectivity index (χ1) is 8.90. The lowest BCUT2D eigenvalue weighted by molar-refractivity contribution is -0.119. The lowest BCUT2D eigenvalue weighted by Crippen LogP contribution is -2.31. The van der Waals surface area contributed by atoms with Crippen molar-refractivity contribution in [3.05, 3.63) is 26.7 Å². The van der Waals surface area contributed by atoms with Crippen molar-refractivity contribution in [3.8, 4) is 0 Å². The molecule has 1 rings (SSSR count). The first-order valence-electron chi connectivity index (χ1n) is 6.05. The van der Waals surface area contributed by atoms with Gasteiger partial charge in [0.25, 0.3) is 0 Å². The van der Waals surface area contributed by atoms with Gasteiger partial charge in [0, 0.05) is 11.0 Å². The van der Waals surface area contributed by atoms with E-state index in [1.54, 1.807) is 12.1 Å². The van der Waals surface area contributed by atoms with Crippen molar-refractivity contribution in [2.75, 3.05) is 18.4 Å². The Labute approximate surface area is 132 Å². The van der Waals surface area contributed by atoms with Crippen LogP contribution in [0.15, 0.2) is 16.6 Å². The number of amides is 1. The Balaban J connectivity index is 2.46. The van der Waals surface area contributed by atoms with Crippen LogP contribution in [0.2, 0.25) is 10.0 Å². The fourth-order valence-corrected chi connectivity index (χ4v) is 2.78. The zero-order valence-corrected chi connectivity index (χ0v) is 14.0. The summed E-state index contributed by atoms with van der Waals surface area (Å²) in [5.41, 5.74) is 0.575. The third kappa shape index (κ3) is 6.02. The van der Waals surface area contributed by atoms with Gasteiger partial charge in [-0.2, -0.15) is 0 Å². The summed E-state index contributed by atoms with van der Waals surface area (Å²) in [6, 6.07) is 3.46. The molecular formula is C13H17BrCl2N2O. The van der Waals surface area contributed by atoms with Gasteiger partial charge in [-0.3, -0.25) is 4.79 Å². The van der Waals surface area contributed by atoms with Crippen molar-refractivity contribution in [2.24, 2.45) is 5.92 Å². The predicted octanol–water partition coefficient (Wildman–Crippen LogP) is 4.33. The normalized spacial score (nSPS) is 10.6. The third-order valence-electron chi connectivity index (χ3n) is 2.48. The fraction of sp³-hybridized carbons (Fsp3) is 0.462. The van der Waals surface area contributed by atoms with E-state index < -0.39 is 0 Å². The van der Waals surface area contributed by atoms with E-state index >= 15 is 0 Å². The van der Waals surface area contributed by atoms with Gasteiger partial charge in [-0.05, 0) is 24.5 Å². The van der Waals surface area contributed by atoms with Crippen LogP contribution in [0.3, 0.4) is 0 Å².